The normalized spacial score (nSPS) is 39.3. The first-order valence-corrected chi connectivity index (χ1v) is 4.99. The molecule has 4 unspecified atom stereocenters. The Bertz CT molecular complexity index is 202. The van der Waals surface area contributed by atoms with Crippen molar-refractivity contribution in [1.82, 2.24) is 0 Å². The van der Waals surface area contributed by atoms with Gasteiger partial charge >= 0.3 is 5.97 Å². The van der Waals surface area contributed by atoms with E-state index >= 15 is 0 Å². The number of aliphatic carboxylic acids is 1. The first-order valence-electron chi connectivity index (χ1n) is 4.99. The first kappa shape index (κ1) is 9.00. The number of ether oxygens (including phenoxy) is 1. The molecule has 1 saturated heterocycles. The topological polar surface area (TPSA) is 46.5 Å². The van der Waals surface area contributed by atoms with Gasteiger partial charge in [-0.3, -0.25) is 4.79 Å². The summed E-state index contributed by atoms with van der Waals surface area (Å²) in [6.07, 6.45) is 1.46. The highest BCUT2D eigenvalue weighted by molar-refractivity contribution is 5.67. The van der Waals surface area contributed by atoms with Crippen LogP contribution in [-0.4, -0.2) is 24.3 Å². The Labute approximate surface area is 78.1 Å². The van der Waals surface area contributed by atoms with Crippen molar-refractivity contribution >= 4 is 5.97 Å². The summed E-state index contributed by atoms with van der Waals surface area (Å²) in [7, 11) is 0. The largest absolute Gasteiger partial charge is 0.481 e. The molecule has 1 heterocycles. The summed E-state index contributed by atoms with van der Waals surface area (Å²) in [4.78, 5) is 10.5. The van der Waals surface area contributed by atoms with Crippen LogP contribution in [0.1, 0.15) is 19.8 Å². The van der Waals surface area contributed by atoms with Crippen LogP contribution in [0.3, 0.4) is 0 Å². The third-order valence-electron chi connectivity index (χ3n) is 3.46. The molecule has 13 heavy (non-hydrogen) atoms. The molecule has 1 aliphatic carbocycles. The van der Waals surface area contributed by atoms with Gasteiger partial charge in [-0.15, -0.1) is 0 Å². The van der Waals surface area contributed by atoms with Crippen LogP contribution in [0.2, 0.25) is 0 Å². The second-order valence-corrected chi connectivity index (χ2v) is 4.34. The molecule has 2 fully saturated rings. The van der Waals surface area contributed by atoms with Gasteiger partial charge in [-0.1, -0.05) is 6.92 Å². The van der Waals surface area contributed by atoms with Crippen molar-refractivity contribution in [2.75, 3.05) is 13.2 Å². The van der Waals surface area contributed by atoms with Crippen LogP contribution in [0, 0.1) is 23.7 Å². The molecule has 1 N–H and O–H groups in total. The smallest absolute Gasteiger partial charge is 0.303 e. The molecule has 0 aromatic carbocycles. The van der Waals surface area contributed by atoms with Crippen LogP contribution in [0.5, 0.6) is 0 Å². The molecule has 3 nitrogen and oxygen atoms in total. The number of rotatable bonds is 3. The first-order chi connectivity index (χ1) is 6.20. The van der Waals surface area contributed by atoms with E-state index in [1.54, 1.807) is 0 Å². The fraction of sp³-hybridized carbons (Fsp3) is 0.900. The monoisotopic (exact) mass is 184 g/mol. The lowest BCUT2D eigenvalue weighted by Gasteiger charge is -2.07. The summed E-state index contributed by atoms with van der Waals surface area (Å²) in [5.41, 5.74) is 0. The molecular formula is C10H16O3. The van der Waals surface area contributed by atoms with E-state index < -0.39 is 5.97 Å². The van der Waals surface area contributed by atoms with Gasteiger partial charge in [-0.05, 0) is 30.1 Å². The van der Waals surface area contributed by atoms with Crippen molar-refractivity contribution in [2.45, 2.75) is 19.8 Å². The van der Waals surface area contributed by atoms with Crippen molar-refractivity contribution in [3.8, 4) is 0 Å². The molecule has 2 aliphatic rings. The zero-order valence-corrected chi connectivity index (χ0v) is 7.90. The molecule has 0 bridgehead atoms. The minimum atomic E-state index is -0.669. The SMILES string of the molecule is CC(CC(=O)O)C1C2CCOCC21. The zero-order valence-electron chi connectivity index (χ0n) is 7.90. The number of carbonyl (C=O) groups is 1. The average Bonchev–Trinajstić information content (AvgIpc) is 2.76. The highest BCUT2D eigenvalue weighted by Crippen LogP contribution is 2.55. The van der Waals surface area contributed by atoms with Crippen LogP contribution in [0.15, 0.2) is 0 Å². The van der Waals surface area contributed by atoms with E-state index in [4.69, 9.17) is 9.84 Å². The van der Waals surface area contributed by atoms with Crippen LogP contribution >= 0.6 is 0 Å². The van der Waals surface area contributed by atoms with Gasteiger partial charge in [-0.25, -0.2) is 0 Å². The van der Waals surface area contributed by atoms with Gasteiger partial charge in [0.25, 0.3) is 0 Å². The third-order valence-corrected chi connectivity index (χ3v) is 3.46. The highest BCUT2D eigenvalue weighted by Gasteiger charge is 2.53. The summed E-state index contributed by atoms with van der Waals surface area (Å²) in [6.45, 7) is 3.79. The predicted molar refractivity (Wildman–Crippen MR) is 47.3 cm³/mol. The van der Waals surface area contributed by atoms with Crippen LogP contribution in [0.25, 0.3) is 0 Å². The maximum absolute atomic E-state index is 10.5. The van der Waals surface area contributed by atoms with Crippen molar-refractivity contribution < 1.29 is 14.6 Å². The van der Waals surface area contributed by atoms with E-state index in [1.165, 1.54) is 0 Å². The molecule has 1 aliphatic heterocycles. The van der Waals surface area contributed by atoms with Gasteiger partial charge in [0.05, 0.1) is 0 Å². The Balaban J connectivity index is 1.85. The van der Waals surface area contributed by atoms with Crippen LogP contribution in [0.4, 0.5) is 0 Å². The van der Waals surface area contributed by atoms with E-state index in [1.807, 2.05) is 0 Å². The lowest BCUT2D eigenvalue weighted by atomic mass is 9.99. The molecular weight excluding hydrogens is 168 g/mol. The number of carboxylic acids is 1. The summed E-state index contributed by atoms with van der Waals surface area (Å²) < 4.78 is 5.36. The van der Waals surface area contributed by atoms with Gasteiger partial charge in [0.15, 0.2) is 0 Å². The molecule has 3 heteroatoms. The Morgan fingerprint density at radius 2 is 2.38 bits per heavy atom. The second kappa shape index (κ2) is 3.29. The molecule has 1 saturated carbocycles. The van der Waals surface area contributed by atoms with E-state index in [0.29, 0.717) is 24.2 Å². The summed E-state index contributed by atoms with van der Waals surface area (Å²) in [6, 6.07) is 0. The number of fused-ring (bicyclic) bond motifs is 1. The minimum Gasteiger partial charge on any atom is -0.481 e. The fourth-order valence-electron chi connectivity index (χ4n) is 2.81. The predicted octanol–water partition coefficient (Wildman–Crippen LogP) is 1.38. The third kappa shape index (κ3) is 1.70. The van der Waals surface area contributed by atoms with Gasteiger partial charge < -0.3 is 9.84 Å². The molecule has 0 aromatic rings. The Kier molecular flexibility index (Phi) is 2.28. The van der Waals surface area contributed by atoms with Gasteiger partial charge in [0.1, 0.15) is 0 Å². The average molecular weight is 184 g/mol. The molecule has 74 valence electrons. The van der Waals surface area contributed by atoms with Gasteiger partial charge in [0, 0.05) is 19.6 Å². The Morgan fingerprint density at radius 3 is 2.92 bits per heavy atom. The molecule has 0 amide bonds. The van der Waals surface area contributed by atoms with Crippen molar-refractivity contribution in [3.63, 3.8) is 0 Å². The maximum Gasteiger partial charge on any atom is 0.303 e. The zero-order chi connectivity index (χ0) is 9.42. The summed E-state index contributed by atoms with van der Waals surface area (Å²) in [5.74, 6) is 1.72. The summed E-state index contributed by atoms with van der Waals surface area (Å²) in [5, 5.41) is 8.66. The Hall–Kier alpha value is -0.570. The van der Waals surface area contributed by atoms with E-state index in [2.05, 4.69) is 6.92 Å². The van der Waals surface area contributed by atoms with E-state index in [0.717, 1.165) is 25.6 Å². The lowest BCUT2D eigenvalue weighted by molar-refractivity contribution is -0.138. The molecule has 2 rings (SSSR count). The van der Waals surface area contributed by atoms with Crippen LogP contribution < -0.4 is 0 Å². The van der Waals surface area contributed by atoms with E-state index in [-0.39, 0.29) is 0 Å². The van der Waals surface area contributed by atoms with Crippen molar-refractivity contribution in [1.29, 1.82) is 0 Å². The fourth-order valence-corrected chi connectivity index (χ4v) is 2.81. The van der Waals surface area contributed by atoms with Crippen molar-refractivity contribution in [3.05, 3.63) is 0 Å². The standard InChI is InChI=1S/C10H16O3/c1-6(4-9(11)12)10-7-2-3-13-5-8(7)10/h6-8,10H,2-5H2,1H3,(H,11,12). The van der Waals surface area contributed by atoms with Gasteiger partial charge in [-0.2, -0.15) is 0 Å². The Morgan fingerprint density at radius 1 is 1.62 bits per heavy atom. The number of hydrogen-bond acceptors (Lipinski definition) is 2. The number of hydrogen-bond donors (Lipinski definition) is 1. The number of carboxylic acid groups (broad SMARTS) is 1. The molecule has 4 atom stereocenters. The second-order valence-electron chi connectivity index (χ2n) is 4.34. The van der Waals surface area contributed by atoms with E-state index in [9.17, 15) is 4.79 Å². The van der Waals surface area contributed by atoms with Gasteiger partial charge in [0.2, 0.25) is 0 Å². The van der Waals surface area contributed by atoms with Crippen molar-refractivity contribution in [2.24, 2.45) is 23.7 Å². The highest BCUT2D eigenvalue weighted by atomic mass is 16.5. The quantitative estimate of drug-likeness (QED) is 0.720. The summed E-state index contributed by atoms with van der Waals surface area (Å²) >= 11 is 0. The molecule has 0 radical (unpaired) electrons. The molecule has 0 aromatic heterocycles. The maximum atomic E-state index is 10.5. The molecule has 0 spiro atoms. The van der Waals surface area contributed by atoms with Crippen LogP contribution in [-0.2, 0) is 9.53 Å². The minimum absolute atomic E-state index is 0.317. The lowest BCUT2D eigenvalue weighted by Crippen LogP contribution is -2.08.